The molecular weight excluding hydrogens is 138 g/mol. The van der Waals surface area contributed by atoms with Gasteiger partial charge in [-0.05, 0) is 12.6 Å². The standard InChI is InChI=1S/C9H17NO/c1-3-5-9-8-11-7-6-10(9)4-2/h4,9H,2-3,5-8H2,1H3. The molecule has 1 fully saturated rings. The van der Waals surface area contributed by atoms with Crippen molar-refractivity contribution in [2.75, 3.05) is 19.8 Å². The predicted octanol–water partition coefficient (Wildman–Crippen LogP) is 1.63. The minimum absolute atomic E-state index is 0.575. The molecule has 0 saturated carbocycles. The Morgan fingerprint density at radius 2 is 2.55 bits per heavy atom. The van der Waals surface area contributed by atoms with E-state index in [0.717, 1.165) is 19.8 Å². The molecule has 1 aliphatic rings. The molecule has 64 valence electrons. The molecule has 1 atom stereocenters. The van der Waals surface area contributed by atoms with Crippen molar-refractivity contribution in [3.8, 4) is 0 Å². The Bertz CT molecular complexity index is 123. The first-order chi connectivity index (χ1) is 5.38. The fraction of sp³-hybridized carbons (Fsp3) is 0.778. The zero-order valence-electron chi connectivity index (χ0n) is 7.25. The number of morpholine rings is 1. The van der Waals surface area contributed by atoms with Crippen LogP contribution in [0.2, 0.25) is 0 Å². The van der Waals surface area contributed by atoms with Crippen molar-refractivity contribution in [3.05, 3.63) is 12.8 Å². The van der Waals surface area contributed by atoms with Gasteiger partial charge in [-0.2, -0.15) is 0 Å². The van der Waals surface area contributed by atoms with Crippen LogP contribution in [0.5, 0.6) is 0 Å². The lowest BCUT2D eigenvalue weighted by molar-refractivity contribution is 0.0133. The molecule has 0 aliphatic carbocycles. The van der Waals surface area contributed by atoms with Crippen LogP contribution >= 0.6 is 0 Å². The van der Waals surface area contributed by atoms with Gasteiger partial charge in [0.25, 0.3) is 0 Å². The molecule has 1 unspecified atom stereocenters. The van der Waals surface area contributed by atoms with Crippen LogP contribution in [-0.2, 0) is 4.74 Å². The number of ether oxygens (including phenoxy) is 1. The van der Waals surface area contributed by atoms with Gasteiger partial charge < -0.3 is 9.64 Å². The summed E-state index contributed by atoms with van der Waals surface area (Å²) in [5.41, 5.74) is 0. The highest BCUT2D eigenvalue weighted by Gasteiger charge is 2.17. The Kier molecular flexibility index (Phi) is 3.43. The van der Waals surface area contributed by atoms with Gasteiger partial charge in [-0.25, -0.2) is 0 Å². The van der Waals surface area contributed by atoms with Gasteiger partial charge in [0, 0.05) is 6.54 Å². The Morgan fingerprint density at radius 3 is 3.18 bits per heavy atom. The van der Waals surface area contributed by atoms with Gasteiger partial charge in [-0.15, -0.1) is 0 Å². The molecule has 0 aromatic heterocycles. The Balaban J connectivity index is 2.37. The highest BCUT2D eigenvalue weighted by molar-refractivity contribution is 4.81. The number of hydrogen-bond donors (Lipinski definition) is 0. The molecule has 0 aromatic rings. The van der Waals surface area contributed by atoms with Gasteiger partial charge >= 0.3 is 0 Å². The summed E-state index contributed by atoms with van der Waals surface area (Å²) in [6.07, 6.45) is 4.37. The third kappa shape index (κ3) is 2.22. The lowest BCUT2D eigenvalue weighted by Crippen LogP contribution is -2.41. The summed E-state index contributed by atoms with van der Waals surface area (Å²) in [5.74, 6) is 0. The maximum Gasteiger partial charge on any atom is 0.0670 e. The Morgan fingerprint density at radius 1 is 1.73 bits per heavy atom. The van der Waals surface area contributed by atoms with Gasteiger partial charge in [-0.3, -0.25) is 0 Å². The van der Waals surface area contributed by atoms with E-state index in [4.69, 9.17) is 4.74 Å². The van der Waals surface area contributed by atoms with Crippen LogP contribution in [0.15, 0.2) is 12.8 Å². The molecule has 1 heterocycles. The maximum absolute atomic E-state index is 5.38. The molecule has 0 bridgehead atoms. The van der Waals surface area contributed by atoms with E-state index in [1.165, 1.54) is 12.8 Å². The van der Waals surface area contributed by atoms with Crippen LogP contribution in [0.4, 0.5) is 0 Å². The van der Waals surface area contributed by atoms with Gasteiger partial charge in [0.2, 0.25) is 0 Å². The number of hydrogen-bond acceptors (Lipinski definition) is 2. The van der Waals surface area contributed by atoms with Crippen molar-refractivity contribution in [1.29, 1.82) is 0 Å². The molecular formula is C9H17NO. The second-order valence-corrected chi connectivity index (χ2v) is 2.94. The lowest BCUT2D eigenvalue weighted by Gasteiger charge is -2.34. The van der Waals surface area contributed by atoms with E-state index < -0.39 is 0 Å². The van der Waals surface area contributed by atoms with Crippen molar-refractivity contribution in [1.82, 2.24) is 4.90 Å². The molecule has 2 nitrogen and oxygen atoms in total. The Hall–Kier alpha value is -0.500. The van der Waals surface area contributed by atoms with Crippen LogP contribution in [-0.4, -0.2) is 30.7 Å². The van der Waals surface area contributed by atoms with Crippen LogP contribution in [0.3, 0.4) is 0 Å². The largest absolute Gasteiger partial charge is 0.377 e. The van der Waals surface area contributed by atoms with E-state index in [2.05, 4.69) is 18.4 Å². The van der Waals surface area contributed by atoms with E-state index >= 15 is 0 Å². The summed E-state index contributed by atoms with van der Waals surface area (Å²) in [6, 6.07) is 0.575. The zero-order valence-corrected chi connectivity index (χ0v) is 7.25. The number of nitrogens with zero attached hydrogens (tertiary/aromatic N) is 1. The van der Waals surface area contributed by atoms with Crippen LogP contribution < -0.4 is 0 Å². The molecule has 11 heavy (non-hydrogen) atoms. The van der Waals surface area contributed by atoms with E-state index in [1.54, 1.807) is 0 Å². The molecule has 2 heteroatoms. The molecule has 0 radical (unpaired) electrons. The minimum Gasteiger partial charge on any atom is -0.377 e. The van der Waals surface area contributed by atoms with Crippen LogP contribution in [0.25, 0.3) is 0 Å². The molecule has 1 saturated heterocycles. The van der Waals surface area contributed by atoms with Gasteiger partial charge in [0.15, 0.2) is 0 Å². The number of rotatable bonds is 3. The quantitative estimate of drug-likeness (QED) is 0.614. The topological polar surface area (TPSA) is 12.5 Å². The lowest BCUT2D eigenvalue weighted by atomic mass is 10.1. The zero-order chi connectivity index (χ0) is 8.10. The van der Waals surface area contributed by atoms with Gasteiger partial charge in [-0.1, -0.05) is 19.9 Å². The summed E-state index contributed by atoms with van der Waals surface area (Å²) in [7, 11) is 0. The van der Waals surface area contributed by atoms with Gasteiger partial charge in [0.05, 0.1) is 19.3 Å². The highest BCUT2D eigenvalue weighted by atomic mass is 16.5. The van der Waals surface area contributed by atoms with Crippen molar-refractivity contribution >= 4 is 0 Å². The Labute approximate surface area is 68.8 Å². The SMILES string of the molecule is C=CN1CCOCC1CCC. The summed E-state index contributed by atoms with van der Waals surface area (Å²) in [5, 5.41) is 0. The van der Waals surface area contributed by atoms with Crippen LogP contribution in [0, 0.1) is 0 Å². The first kappa shape index (κ1) is 8.60. The fourth-order valence-corrected chi connectivity index (χ4v) is 1.49. The maximum atomic E-state index is 5.38. The van der Waals surface area contributed by atoms with E-state index in [0.29, 0.717) is 6.04 Å². The van der Waals surface area contributed by atoms with E-state index in [-0.39, 0.29) is 0 Å². The average Bonchev–Trinajstić information content (AvgIpc) is 2.06. The van der Waals surface area contributed by atoms with Crippen molar-refractivity contribution in [3.63, 3.8) is 0 Å². The summed E-state index contributed by atoms with van der Waals surface area (Å²) >= 11 is 0. The second-order valence-electron chi connectivity index (χ2n) is 2.94. The molecule has 0 aromatic carbocycles. The molecule has 1 aliphatic heterocycles. The van der Waals surface area contributed by atoms with Crippen molar-refractivity contribution < 1.29 is 4.74 Å². The van der Waals surface area contributed by atoms with Crippen molar-refractivity contribution in [2.24, 2.45) is 0 Å². The first-order valence-corrected chi connectivity index (χ1v) is 4.34. The minimum atomic E-state index is 0.575. The third-order valence-electron chi connectivity index (χ3n) is 2.13. The third-order valence-corrected chi connectivity index (χ3v) is 2.13. The fourth-order valence-electron chi connectivity index (χ4n) is 1.49. The summed E-state index contributed by atoms with van der Waals surface area (Å²) in [4.78, 5) is 2.28. The van der Waals surface area contributed by atoms with Crippen molar-refractivity contribution in [2.45, 2.75) is 25.8 Å². The van der Waals surface area contributed by atoms with Crippen LogP contribution in [0.1, 0.15) is 19.8 Å². The monoisotopic (exact) mass is 155 g/mol. The van der Waals surface area contributed by atoms with Gasteiger partial charge in [0.1, 0.15) is 0 Å². The first-order valence-electron chi connectivity index (χ1n) is 4.34. The smallest absolute Gasteiger partial charge is 0.0670 e. The normalized spacial score (nSPS) is 25.2. The summed E-state index contributed by atoms with van der Waals surface area (Å²) in [6.45, 7) is 8.73. The van der Waals surface area contributed by atoms with E-state index in [9.17, 15) is 0 Å². The second kappa shape index (κ2) is 4.39. The average molecular weight is 155 g/mol. The molecule has 0 amide bonds. The summed E-state index contributed by atoms with van der Waals surface area (Å²) < 4.78 is 5.38. The predicted molar refractivity (Wildman–Crippen MR) is 46.4 cm³/mol. The molecule has 0 spiro atoms. The molecule has 1 rings (SSSR count). The van der Waals surface area contributed by atoms with E-state index in [1.807, 2.05) is 6.20 Å². The molecule has 0 N–H and O–H groups in total. The highest BCUT2D eigenvalue weighted by Crippen LogP contribution is 2.11.